The molecule has 1 atom stereocenters. The number of hydrogen-bond acceptors (Lipinski definition) is 2. The Bertz CT molecular complexity index is 470. The van der Waals surface area contributed by atoms with Crippen molar-refractivity contribution < 1.29 is 9.18 Å². The van der Waals surface area contributed by atoms with E-state index in [1.54, 1.807) is 6.07 Å². The van der Waals surface area contributed by atoms with Crippen LogP contribution in [-0.2, 0) is 11.3 Å². The van der Waals surface area contributed by atoms with Crippen molar-refractivity contribution in [1.82, 2.24) is 10.2 Å². The van der Waals surface area contributed by atoms with Gasteiger partial charge in [0.2, 0.25) is 5.91 Å². The monoisotopic (exact) mass is 292 g/mol. The molecule has 2 rings (SSSR count). The number of benzene rings is 1. The first-order chi connectivity index (χ1) is 10.1. The van der Waals surface area contributed by atoms with Crippen LogP contribution in [0.25, 0.3) is 0 Å². The average molecular weight is 292 g/mol. The Kier molecular flexibility index (Phi) is 5.74. The molecule has 21 heavy (non-hydrogen) atoms. The highest BCUT2D eigenvalue weighted by Crippen LogP contribution is 2.17. The van der Waals surface area contributed by atoms with Gasteiger partial charge in [-0.3, -0.25) is 4.79 Å². The van der Waals surface area contributed by atoms with Crippen LogP contribution in [0.1, 0.15) is 38.7 Å². The fourth-order valence-electron chi connectivity index (χ4n) is 2.82. The summed E-state index contributed by atoms with van der Waals surface area (Å²) in [7, 11) is 0. The second-order valence-electron chi connectivity index (χ2n) is 6.14. The Hall–Kier alpha value is -1.42. The molecule has 0 aliphatic carbocycles. The molecular formula is C17H25FN2O. The third-order valence-corrected chi connectivity index (χ3v) is 4.11. The van der Waals surface area contributed by atoms with E-state index in [1.807, 2.05) is 24.8 Å². The normalized spacial score (nSPS) is 18.2. The van der Waals surface area contributed by atoms with Gasteiger partial charge in [-0.2, -0.15) is 0 Å². The number of carbonyl (C=O) groups is 1. The van der Waals surface area contributed by atoms with Gasteiger partial charge in [-0.1, -0.05) is 12.1 Å². The van der Waals surface area contributed by atoms with E-state index < -0.39 is 0 Å². The molecule has 4 heteroatoms. The van der Waals surface area contributed by atoms with Gasteiger partial charge in [0.15, 0.2) is 0 Å². The van der Waals surface area contributed by atoms with Gasteiger partial charge in [0.05, 0.1) is 0 Å². The summed E-state index contributed by atoms with van der Waals surface area (Å²) < 4.78 is 13.3. The van der Waals surface area contributed by atoms with Crippen molar-refractivity contribution in [2.75, 3.05) is 13.1 Å². The fraction of sp³-hybridized carbons (Fsp3) is 0.588. The highest BCUT2D eigenvalue weighted by atomic mass is 19.1. The maximum Gasteiger partial charge on any atom is 0.223 e. The molecule has 0 radical (unpaired) electrons. The molecule has 1 aromatic rings. The van der Waals surface area contributed by atoms with Crippen LogP contribution in [-0.4, -0.2) is 29.9 Å². The van der Waals surface area contributed by atoms with Crippen LogP contribution >= 0.6 is 0 Å². The van der Waals surface area contributed by atoms with E-state index in [4.69, 9.17) is 0 Å². The van der Waals surface area contributed by atoms with E-state index in [1.165, 1.54) is 18.6 Å². The molecule has 1 fully saturated rings. The third-order valence-electron chi connectivity index (χ3n) is 4.11. The first kappa shape index (κ1) is 16.0. The van der Waals surface area contributed by atoms with Crippen molar-refractivity contribution in [2.45, 2.75) is 45.7 Å². The molecule has 1 amide bonds. The molecule has 1 aliphatic heterocycles. The molecule has 3 nitrogen and oxygen atoms in total. The molecular weight excluding hydrogens is 267 g/mol. The number of hydrogen-bond donors (Lipinski definition) is 1. The van der Waals surface area contributed by atoms with Gasteiger partial charge in [0.1, 0.15) is 5.82 Å². The minimum atomic E-state index is -0.249. The summed E-state index contributed by atoms with van der Waals surface area (Å²) in [5.41, 5.74) is 0.847. The third kappa shape index (κ3) is 4.81. The van der Waals surface area contributed by atoms with E-state index in [0.29, 0.717) is 18.9 Å². The van der Waals surface area contributed by atoms with E-state index in [-0.39, 0.29) is 17.8 Å². The molecule has 0 saturated carbocycles. The van der Waals surface area contributed by atoms with E-state index in [0.717, 1.165) is 25.1 Å². The zero-order chi connectivity index (χ0) is 15.2. The molecule has 1 saturated heterocycles. The van der Waals surface area contributed by atoms with E-state index in [2.05, 4.69) is 5.32 Å². The summed E-state index contributed by atoms with van der Waals surface area (Å²) >= 11 is 0. The Balaban J connectivity index is 1.92. The van der Waals surface area contributed by atoms with Gasteiger partial charge in [-0.05, 0) is 63.4 Å². The second-order valence-corrected chi connectivity index (χ2v) is 6.14. The van der Waals surface area contributed by atoms with Crippen molar-refractivity contribution in [1.29, 1.82) is 0 Å². The topological polar surface area (TPSA) is 32.3 Å². The van der Waals surface area contributed by atoms with Crippen LogP contribution in [0, 0.1) is 11.7 Å². The predicted molar refractivity (Wildman–Crippen MR) is 82.3 cm³/mol. The molecule has 0 bridgehead atoms. The average Bonchev–Trinajstić information content (AvgIpc) is 2.95. The Labute approximate surface area is 126 Å². The quantitative estimate of drug-likeness (QED) is 0.874. The molecule has 1 heterocycles. The number of halogens is 1. The highest BCUT2D eigenvalue weighted by molar-refractivity contribution is 5.76. The molecule has 0 aromatic heterocycles. The lowest BCUT2D eigenvalue weighted by Crippen LogP contribution is -2.36. The second kappa shape index (κ2) is 7.55. The maximum absolute atomic E-state index is 13.3. The summed E-state index contributed by atoms with van der Waals surface area (Å²) in [5.74, 6) is 0.541. The van der Waals surface area contributed by atoms with E-state index in [9.17, 15) is 9.18 Å². The first-order valence-corrected chi connectivity index (χ1v) is 7.81. The molecule has 116 valence electrons. The molecule has 1 N–H and O–H groups in total. The van der Waals surface area contributed by atoms with Crippen LogP contribution < -0.4 is 5.32 Å². The number of rotatable bonds is 6. The van der Waals surface area contributed by atoms with Crippen LogP contribution in [0.3, 0.4) is 0 Å². The van der Waals surface area contributed by atoms with Gasteiger partial charge >= 0.3 is 0 Å². The van der Waals surface area contributed by atoms with Crippen LogP contribution in [0.5, 0.6) is 0 Å². The first-order valence-electron chi connectivity index (χ1n) is 7.81. The zero-order valence-electron chi connectivity index (χ0n) is 12.9. The standard InChI is InChI=1S/C17H25FN2O/c1-13(2)20(12-15-4-3-5-16(18)10-15)17(21)7-6-14-8-9-19-11-14/h3-5,10,13-14,19H,6-9,11-12H2,1-2H3. The number of carbonyl (C=O) groups excluding carboxylic acids is 1. The van der Waals surface area contributed by atoms with Gasteiger partial charge in [0, 0.05) is 19.0 Å². The predicted octanol–water partition coefficient (Wildman–Crippen LogP) is 2.95. The molecule has 1 aromatic carbocycles. The van der Waals surface area contributed by atoms with Gasteiger partial charge < -0.3 is 10.2 Å². The van der Waals surface area contributed by atoms with Gasteiger partial charge in [-0.15, -0.1) is 0 Å². The van der Waals surface area contributed by atoms with Gasteiger partial charge in [-0.25, -0.2) is 4.39 Å². The van der Waals surface area contributed by atoms with Crippen molar-refractivity contribution in [3.05, 3.63) is 35.6 Å². The smallest absolute Gasteiger partial charge is 0.223 e. The largest absolute Gasteiger partial charge is 0.336 e. The van der Waals surface area contributed by atoms with Crippen molar-refractivity contribution in [3.63, 3.8) is 0 Å². The summed E-state index contributed by atoms with van der Waals surface area (Å²) in [6.07, 6.45) is 2.69. The summed E-state index contributed by atoms with van der Waals surface area (Å²) in [6, 6.07) is 6.62. The van der Waals surface area contributed by atoms with Crippen LogP contribution in [0.15, 0.2) is 24.3 Å². The Morgan fingerprint density at radius 2 is 2.29 bits per heavy atom. The minimum Gasteiger partial charge on any atom is -0.336 e. The Morgan fingerprint density at radius 1 is 1.48 bits per heavy atom. The fourth-order valence-corrected chi connectivity index (χ4v) is 2.82. The number of amides is 1. The summed E-state index contributed by atoms with van der Waals surface area (Å²) in [6.45, 7) is 6.59. The summed E-state index contributed by atoms with van der Waals surface area (Å²) in [5, 5.41) is 3.33. The highest BCUT2D eigenvalue weighted by Gasteiger charge is 2.20. The Morgan fingerprint density at radius 3 is 2.90 bits per heavy atom. The van der Waals surface area contributed by atoms with Crippen LogP contribution in [0.2, 0.25) is 0 Å². The molecule has 0 spiro atoms. The van der Waals surface area contributed by atoms with Crippen molar-refractivity contribution in [3.8, 4) is 0 Å². The number of nitrogens with one attached hydrogen (secondary N) is 1. The van der Waals surface area contributed by atoms with Crippen molar-refractivity contribution >= 4 is 5.91 Å². The lowest BCUT2D eigenvalue weighted by Gasteiger charge is -2.27. The zero-order valence-corrected chi connectivity index (χ0v) is 12.9. The van der Waals surface area contributed by atoms with E-state index >= 15 is 0 Å². The van der Waals surface area contributed by atoms with Gasteiger partial charge in [0.25, 0.3) is 0 Å². The number of nitrogens with zero attached hydrogens (tertiary/aromatic N) is 1. The van der Waals surface area contributed by atoms with Crippen LogP contribution in [0.4, 0.5) is 4.39 Å². The minimum absolute atomic E-state index is 0.127. The lowest BCUT2D eigenvalue weighted by atomic mass is 10.0. The summed E-state index contributed by atoms with van der Waals surface area (Å²) in [4.78, 5) is 14.3. The lowest BCUT2D eigenvalue weighted by molar-refractivity contribution is -0.133. The maximum atomic E-state index is 13.3. The molecule has 1 aliphatic rings. The SMILES string of the molecule is CC(C)N(Cc1cccc(F)c1)C(=O)CCC1CCNC1. The molecule has 1 unspecified atom stereocenters. The van der Waals surface area contributed by atoms with Crippen molar-refractivity contribution in [2.24, 2.45) is 5.92 Å².